The zero-order valence-electron chi connectivity index (χ0n) is 22.7. The van der Waals surface area contributed by atoms with Crippen LogP contribution >= 0.6 is 0 Å². The van der Waals surface area contributed by atoms with Gasteiger partial charge in [0.15, 0.2) is 11.6 Å². The number of rotatable bonds is 5. The van der Waals surface area contributed by atoms with Crippen molar-refractivity contribution in [2.75, 3.05) is 13.7 Å². The first-order valence-corrected chi connectivity index (χ1v) is 11.7. The summed E-state index contributed by atoms with van der Waals surface area (Å²) >= 11 is 0. The molecular formula is C24H46O10. The summed E-state index contributed by atoms with van der Waals surface area (Å²) in [5.74, 6) is -3.66. The average molecular weight is 495 g/mol. The number of hydrogen-bond donors (Lipinski definition) is 6. The van der Waals surface area contributed by atoms with Gasteiger partial charge in [-0.1, -0.05) is 6.92 Å². The van der Waals surface area contributed by atoms with Crippen molar-refractivity contribution in [2.24, 2.45) is 0 Å². The number of aliphatic hydroxyl groups is 6. The Hall–Kier alpha value is -0.400. The maximum atomic E-state index is 11.5. The SMILES string of the molecule is CCC1(C)OC(C)(OCC2(C)OC(C)(OC)C(C)(O)C(C)(O)C2(C)O)C(C)(O)C(C)(O)C1(C)O. The molecule has 0 aromatic carbocycles. The first-order chi connectivity index (χ1) is 14.7. The molecule has 2 fully saturated rings. The van der Waals surface area contributed by atoms with Crippen molar-refractivity contribution >= 4 is 0 Å². The molecule has 2 rings (SSSR count). The Morgan fingerprint density at radius 3 is 1.26 bits per heavy atom. The average Bonchev–Trinajstić information content (AvgIpc) is 2.69. The lowest BCUT2D eigenvalue weighted by Crippen LogP contribution is -2.86. The molecule has 202 valence electrons. The molecule has 6 N–H and O–H groups in total. The molecule has 0 radical (unpaired) electrons. The normalized spacial score (nSPS) is 60.9. The minimum Gasteiger partial charge on any atom is -0.384 e. The van der Waals surface area contributed by atoms with Gasteiger partial charge in [0.2, 0.25) is 0 Å². The molecule has 2 saturated heterocycles. The van der Waals surface area contributed by atoms with Crippen LogP contribution in [0, 0.1) is 0 Å². The van der Waals surface area contributed by atoms with Crippen LogP contribution in [0.3, 0.4) is 0 Å². The van der Waals surface area contributed by atoms with Crippen molar-refractivity contribution in [2.45, 2.75) is 139 Å². The summed E-state index contributed by atoms with van der Waals surface area (Å²) in [4.78, 5) is 0. The second-order valence-electron chi connectivity index (χ2n) is 11.8. The summed E-state index contributed by atoms with van der Waals surface area (Å²) in [6.45, 7) is 15.1. The van der Waals surface area contributed by atoms with Crippen molar-refractivity contribution in [3.63, 3.8) is 0 Å². The van der Waals surface area contributed by atoms with Gasteiger partial charge in [-0.05, 0) is 75.7 Å². The highest BCUT2D eigenvalue weighted by atomic mass is 16.8. The van der Waals surface area contributed by atoms with E-state index < -0.39 is 63.0 Å². The highest BCUT2D eigenvalue weighted by Gasteiger charge is 2.77. The predicted molar refractivity (Wildman–Crippen MR) is 123 cm³/mol. The van der Waals surface area contributed by atoms with Crippen LogP contribution in [-0.2, 0) is 18.9 Å². The highest BCUT2D eigenvalue weighted by molar-refractivity contribution is 5.23. The van der Waals surface area contributed by atoms with Crippen LogP contribution in [0.5, 0.6) is 0 Å². The van der Waals surface area contributed by atoms with E-state index in [4.69, 9.17) is 18.9 Å². The molecule has 10 nitrogen and oxygen atoms in total. The lowest BCUT2D eigenvalue weighted by atomic mass is 9.60. The number of ether oxygens (including phenoxy) is 4. The fourth-order valence-electron chi connectivity index (χ4n) is 5.39. The van der Waals surface area contributed by atoms with E-state index in [2.05, 4.69) is 0 Å². The summed E-state index contributed by atoms with van der Waals surface area (Å²) in [6.07, 6.45) is 0.274. The Labute approximate surface area is 202 Å². The lowest BCUT2D eigenvalue weighted by Gasteiger charge is -2.67. The highest BCUT2D eigenvalue weighted by Crippen LogP contribution is 2.57. The molecule has 0 bridgehead atoms. The Morgan fingerprint density at radius 1 is 0.529 bits per heavy atom. The summed E-state index contributed by atoms with van der Waals surface area (Å²) in [7, 11) is 1.30. The van der Waals surface area contributed by atoms with Gasteiger partial charge in [0.05, 0.1) is 12.2 Å². The predicted octanol–water partition coefficient (Wildman–Crippen LogP) is 0.576. The van der Waals surface area contributed by atoms with Crippen LogP contribution in [0.4, 0.5) is 0 Å². The topological polar surface area (TPSA) is 158 Å². The third-order valence-electron chi connectivity index (χ3n) is 10.1. The fourth-order valence-corrected chi connectivity index (χ4v) is 5.39. The van der Waals surface area contributed by atoms with Crippen LogP contribution in [0.15, 0.2) is 0 Å². The van der Waals surface area contributed by atoms with E-state index in [0.717, 1.165) is 0 Å². The zero-order chi connectivity index (χ0) is 27.2. The maximum absolute atomic E-state index is 11.5. The van der Waals surface area contributed by atoms with Gasteiger partial charge in [-0.15, -0.1) is 0 Å². The van der Waals surface area contributed by atoms with Crippen LogP contribution in [-0.4, -0.2) is 101 Å². The van der Waals surface area contributed by atoms with E-state index in [1.807, 2.05) is 0 Å². The quantitative estimate of drug-likeness (QED) is 0.319. The summed E-state index contributed by atoms with van der Waals surface area (Å²) in [6, 6.07) is 0. The zero-order valence-corrected chi connectivity index (χ0v) is 22.7. The van der Waals surface area contributed by atoms with Gasteiger partial charge < -0.3 is 49.6 Å². The first kappa shape index (κ1) is 29.8. The minimum absolute atomic E-state index is 0.274. The van der Waals surface area contributed by atoms with Crippen LogP contribution in [0.2, 0.25) is 0 Å². The van der Waals surface area contributed by atoms with Crippen molar-refractivity contribution in [3.05, 3.63) is 0 Å². The smallest absolute Gasteiger partial charge is 0.197 e. The molecule has 2 aliphatic rings. The third-order valence-corrected chi connectivity index (χ3v) is 10.1. The second kappa shape index (κ2) is 7.56. The Morgan fingerprint density at radius 2 is 0.882 bits per heavy atom. The molecule has 0 aromatic rings. The molecule has 0 spiro atoms. The number of methoxy groups -OCH3 is 1. The maximum Gasteiger partial charge on any atom is 0.197 e. The van der Waals surface area contributed by atoms with Crippen LogP contribution in [0.1, 0.15) is 82.6 Å². The fraction of sp³-hybridized carbons (Fsp3) is 1.00. The molecule has 10 atom stereocenters. The first-order valence-electron chi connectivity index (χ1n) is 11.7. The second-order valence-corrected chi connectivity index (χ2v) is 11.8. The monoisotopic (exact) mass is 494 g/mol. The van der Waals surface area contributed by atoms with E-state index >= 15 is 0 Å². The minimum atomic E-state index is -2.15. The Kier molecular flexibility index (Phi) is 6.64. The van der Waals surface area contributed by atoms with E-state index in [9.17, 15) is 30.6 Å². The van der Waals surface area contributed by atoms with Gasteiger partial charge >= 0.3 is 0 Å². The molecule has 0 amide bonds. The van der Waals surface area contributed by atoms with Gasteiger partial charge in [0, 0.05) is 7.11 Å². The molecule has 10 heteroatoms. The van der Waals surface area contributed by atoms with E-state index in [1.54, 1.807) is 13.8 Å². The molecule has 34 heavy (non-hydrogen) atoms. The third kappa shape index (κ3) is 3.17. The molecule has 0 aromatic heterocycles. The van der Waals surface area contributed by atoms with Crippen molar-refractivity contribution in [1.82, 2.24) is 0 Å². The molecule has 0 saturated carbocycles. The van der Waals surface area contributed by atoms with Gasteiger partial charge in [0.25, 0.3) is 0 Å². The number of hydrogen-bond acceptors (Lipinski definition) is 10. The Balaban J connectivity index is 2.57. The van der Waals surface area contributed by atoms with E-state index in [-0.39, 0.29) is 6.42 Å². The summed E-state index contributed by atoms with van der Waals surface area (Å²) < 4.78 is 23.8. The van der Waals surface area contributed by atoms with Gasteiger partial charge in [-0.3, -0.25) is 0 Å². The molecule has 10 unspecified atom stereocenters. The Bertz CT molecular complexity index is 738. The molecule has 2 heterocycles. The van der Waals surface area contributed by atoms with Crippen molar-refractivity contribution in [1.29, 1.82) is 0 Å². The van der Waals surface area contributed by atoms with E-state index in [1.165, 1.54) is 69.4 Å². The van der Waals surface area contributed by atoms with Crippen LogP contribution < -0.4 is 0 Å². The van der Waals surface area contributed by atoms with E-state index in [0.29, 0.717) is 0 Å². The molecule has 0 aliphatic carbocycles. The van der Waals surface area contributed by atoms with Gasteiger partial charge in [-0.2, -0.15) is 0 Å². The van der Waals surface area contributed by atoms with Crippen LogP contribution in [0.25, 0.3) is 0 Å². The lowest BCUT2D eigenvalue weighted by molar-refractivity contribution is -0.480. The van der Waals surface area contributed by atoms with Gasteiger partial charge in [0.1, 0.15) is 39.2 Å². The summed E-state index contributed by atoms with van der Waals surface area (Å²) in [5.41, 5.74) is -15.4. The van der Waals surface area contributed by atoms with Crippen molar-refractivity contribution < 1.29 is 49.6 Å². The van der Waals surface area contributed by atoms with Crippen molar-refractivity contribution in [3.8, 4) is 0 Å². The largest absolute Gasteiger partial charge is 0.384 e. The molecular weight excluding hydrogens is 448 g/mol. The standard InChI is InChI=1S/C24H46O10/c1-13-15(2)17(4,25)19(6,27)22(9,30)24(11,33-15)32-14-16(3)18(5,26)20(7,28)21(8,29)23(10,31-12)34-16/h25-30H,13-14H2,1-12H3. The molecule has 2 aliphatic heterocycles. The summed E-state index contributed by atoms with van der Waals surface area (Å²) in [5, 5.41) is 68.1. The van der Waals surface area contributed by atoms with Gasteiger partial charge in [-0.25, -0.2) is 0 Å².